The maximum atomic E-state index is 4.43. The van der Waals surface area contributed by atoms with E-state index >= 15 is 0 Å². The molecule has 3 aromatic rings. The number of nitrogens with one attached hydrogen (secondary N) is 1. The van der Waals surface area contributed by atoms with Crippen LogP contribution in [0.25, 0.3) is 11.0 Å². The van der Waals surface area contributed by atoms with Crippen molar-refractivity contribution in [2.45, 2.75) is 0 Å². The Morgan fingerprint density at radius 2 is 1.75 bits per heavy atom. The van der Waals surface area contributed by atoms with Crippen LogP contribution in [0.1, 0.15) is 5.56 Å². The summed E-state index contributed by atoms with van der Waals surface area (Å²) >= 11 is 3.47. The first-order valence-corrected chi connectivity index (χ1v) is 6.87. The number of fused-ring (bicyclic) bond motifs is 1. The lowest BCUT2D eigenvalue weighted by molar-refractivity contribution is 1.22. The molecule has 0 spiro atoms. The Kier molecular flexibility index (Phi) is 3.69. The first-order valence-electron chi connectivity index (χ1n) is 6.08. The molecule has 2 aromatic carbocycles. The molecular formula is C15H11BrN4. The molecule has 3 rings (SSSR count). The normalized spacial score (nSPS) is 11.1. The van der Waals surface area contributed by atoms with Crippen LogP contribution in [0.15, 0.2) is 64.3 Å². The van der Waals surface area contributed by atoms with Gasteiger partial charge in [-0.3, -0.25) is 10.4 Å². The summed E-state index contributed by atoms with van der Waals surface area (Å²) in [4.78, 5) is 8.75. The molecule has 0 radical (unpaired) electrons. The number of anilines is 1. The third-order valence-corrected chi connectivity index (χ3v) is 3.46. The molecule has 0 atom stereocenters. The van der Waals surface area contributed by atoms with Crippen molar-refractivity contribution in [2.75, 3.05) is 5.43 Å². The minimum Gasteiger partial charge on any atom is -0.260 e. The van der Waals surface area contributed by atoms with Gasteiger partial charge in [0.25, 0.3) is 0 Å². The molecular weight excluding hydrogens is 316 g/mol. The van der Waals surface area contributed by atoms with Gasteiger partial charge in [-0.15, -0.1) is 0 Å². The second-order valence-corrected chi connectivity index (χ2v) is 4.99. The zero-order valence-electron chi connectivity index (χ0n) is 10.5. The Labute approximate surface area is 124 Å². The smallest absolute Gasteiger partial charge is 0.165 e. The van der Waals surface area contributed by atoms with Crippen LogP contribution >= 0.6 is 15.9 Å². The highest BCUT2D eigenvalue weighted by atomic mass is 79.9. The number of hydrazone groups is 1. The summed E-state index contributed by atoms with van der Waals surface area (Å²) in [5.74, 6) is 0.618. The Hall–Kier alpha value is -2.27. The largest absolute Gasteiger partial charge is 0.260 e. The number of nitrogens with zero attached hydrogens (tertiary/aromatic N) is 3. The summed E-state index contributed by atoms with van der Waals surface area (Å²) in [6, 6.07) is 15.6. The van der Waals surface area contributed by atoms with Crippen molar-refractivity contribution in [1.82, 2.24) is 9.97 Å². The maximum absolute atomic E-state index is 4.43. The van der Waals surface area contributed by atoms with Gasteiger partial charge in [-0.05, 0) is 18.2 Å². The molecule has 0 saturated heterocycles. The summed E-state index contributed by atoms with van der Waals surface area (Å²) < 4.78 is 0.996. The van der Waals surface area contributed by atoms with E-state index in [-0.39, 0.29) is 0 Å². The molecule has 1 heterocycles. The van der Waals surface area contributed by atoms with Crippen LogP contribution in [-0.4, -0.2) is 16.2 Å². The average Bonchev–Trinajstić information content (AvgIpc) is 2.49. The molecule has 0 unspecified atom stereocenters. The number of rotatable bonds is 3. The second-order valence-electron chi connectivity index (χ2n) is 4.14. The first kappa shape index (κ1) is 12.7. The highest BCUT2D eigenvalue weighted by molar-refractivity contribution is 9.10. The third-order valence-electron chi connectivity index (χ3n) is 2.74. The highest BCUT2D eigenvalue weighted by Crippen LogP contribution is 2.14. The predicted octanol–water partition coefficient (Wildman–Crippen LogP) is 3.84. The molecule has 5 heteroatoms. The van der Waals surface area contributed by atoms with Crippen molar-refractivity contribution < 1.29 is 0 Å². The van der Waals surface area contributed by atoms with Crippen LogP contribution in [0.3, 0.4) is 0 Å². The van der Waals surface area contributed by atoms with Crippen molar-refractivity contribution in [3.8, 4) is 0 Å². The van der Waals surface area contributed by atoms with Gasteiger partial charge in [0.2, 0.25) is 0 Å². The molecule has 1 N–H and O–H groups in total. The van der Waals surface area contributed by atoms with Crippen molar-refractivity contribution >= 4 is 39.0 Å². The minimum absolute atomic E-state index is 0.618. The molecule has 0 aliphatic heterocycles. The Morgan fingerprint density at radius 1 is 1.00 bits per heavy atom. The summed E-state index contributed by atoms with van der Waals surface area (Å²) in [6.45, 7) is 0. The molecule has 0 amide bonds. The fraction of sp³-hybridized carbons (Fsp3) is 0. The Balaban J connectivity index is 1.78. The summed E-state index contributed by atoms with van der Waals surface area (Å²) in [6.07, 6.45) is 3.40. The van der Waals surface area contributed by atoms with Gasteiger partial charge in [0.1, 0.15) is 0 Å². The lowest BCUT2D eigenvalue weighted by Gasteiger charge is -2.01. The number of halogens is 1. The predicted molar refractivity (Wildman–Crippen MR) is 84.9 cm³/mol. The fourth-order valence-electron chi connectivity index (χ4n) is 1.76. The SMILES string of the molecule is Brc1ccccc1/C=N/Nc1cnc2ccccc2n1. The molecule has 0 aliphatic carbocycles. The highest BCUT2D eigenvalue weighted by Gasteiger charge is 1.97. The van der Waals surface area contributed by atoms with Crippen molar-refractivity contribution in [3.05, 3.63) is 64.8 Å². The van der Waals surface area contributed by atoms with Gasteiger partial charge >= 0.3 is 0 Å². The van der Waals surface area contributed by atoms with Gasteiger partial charge in [-0.25, -0.2) is 4.98 Å². The van der Waals surface area contributed by atoms with Gasteiger partial charge in [0, 0.05) is 10.0 Å². The third kappa shape index (κ3) is 2.83. The van der Waals surface area contributed by atoms with E-state index in [9.17, 15) is 0 Å². The van der Waals surface area contributed by atoms with E-state index in [0.29, 0.717) is 5.82 Å². The molecule has 0 fully saturated rings. The van der Waals surface area contributed by atoms with Crippen LogP contribution in [0.2, 0.25) is 0 Å². The van der Waals surface area contributed by atoms with E-state index in [4.69, 9.17) is 0 Å². The first-order chi connectivity index (χ1) is 9.83. The summed E-state index contributed by atoms with van der Waals surface area (Å²) in [7, 11) is 0. The second kappa shape index (κ2) is 5.79. The lowest BCUT2D eigenvalue weighted by atomic mass is 10.2. The molecule has 1 aromatic heterocycles. The number of hydrogen-bond donors (Lipinski definition) is 1. The standard InChI is InChI=1S/C15H11BrN4/c16-12-6-2-1-5-11(12)9-18-20-15-10-17-13-7-3-4-8-14(13)19-15/h1-10H,(H,19,20)/b18-9+. The van der Waals surface area contributed by atoms with Crippen LogP contribution in [-0.2, 0) is 0 Å². The zero-order chi connectivity index (χ0) is 13.8. The monoisotopic (exact) mass is 326 g/mol. The van der Waals surface area contributed by atoms with E-state index in [0.717, 1.165) is 21.1 Å². The summed E-state index contributed by atoms with van der Waals surface area (Å²) in [5.41, 5.74) is 5.59. The molecule has 20 heavy (non-hydrogen) atoms. The van der Waals surface area contributed by atoms with E-state index in [1.54, 1.807) is 12.4 Å². The van der Waals surface area contributed by atoms with Gasteiger partial charge in [-0.2, -0.15) is 5.10 Å². The topological polar surface area (TPSA) is 50.2 Å². The van der Waals surface area contributed by atoms with E-state index in [1.807, 2.05) is 48.5 Å². The van der Waals surface area contributed by atoms with E-state index < -0.39 is 0 Å². The number of aromatic nitrogens is 2. The molecule has 0 aliphatic rings. The Morgan fingerprint density at radius 3 is 2.60 bits per heavy atom. The van der Waals surface area contributed by atoms with Gasteiger partial charge < -0.3 is 0 Å². The van der Waals surface area contributed by atoms with Gasteiger partial charge in [-0.1, -0.05) is 46.3 Å². The van der Waals surface area contributed by atoms with E-state index in [1.165, 1.54) is 0 Å². The van der Waals surface area contributed by atoms with Crippen LogP contribution in [0.5, 0.6) is 0 Å². The summed E-state index contributed by atoms with van der Waals surface area (Å²) in [5, 5.41) is 4.17. The minimum atomic E-state index is 0.618. The van der Waals surface area contributed by atoms with Crippen LogP contribution in [0, 0.1) is 0 Å². The van der Waals surface area contributed by atoms with Gasteiger partial charge in [0.05, 0.1) is 23.4 Å². The number of benzene rings is 2. The zero-order valence-corrected chi connectivity index (χ0v) is 12.1. The van der Waals surface area contributed by atoms with Crippen LogP contribution < -0.4 is 5.43 Å². The maximum Gasteiger partial charge on any atom is 0.165 e. The van der Waals surface area contributed by atoms with E-state index in [2.05, 4.69) is 36.4 Å². The van der Waals surface area contributed by atoms with Crippen LogP contribution in [0.4, 0.5) is 5.82 Å². The fourth-order valence-corrected chi connectivity index (χ4v) is 2.15. The number of hydrogen-bond acceptors (Lipinski definition) is 4. The number of para-hydroxylation sites is 2. The Bertz CT molecular complexity index is 770. The molecule has 98 valence electrons. The van der Waals surface area contributed by atoms with Crippen molar-refractivity contribution in [3.63, 3.8) is 0 Å². The molecule has 0 bridgehead atoms. The average molecular weight is 327 g/mol. The van der Waals surface area contributed by atoms with Crippen molar-refractivity contribution in [1.29, 1.82) is 0 Å². The lowest BCUT2D eigenvalue weighted by Crippen LogP contribution is -1.95. The molecule has 0 saturated carbocycles. The van der Waals surface area contributed by atoms with Crippen molar-refractivity contribution in [2.24, 2.45) is 5.10 Å². The van der Waals surface area contributed by atoms with Gasteiger partial charge in [0.15, 0.2) is 5.82 Å². The molecule has 4 nitrogen and oxygen atoms in total. The quantitative estimate of drug-likeness (QED) is 0.587.